The summed E-state index contributed by atoms with van der Waals surface area (Å²) in [5.74, 6) is -1.04. The Labute approximate surface area is 204 Å². The largest absolute Gasteiger partial charge is 0.509 e. The number of aromatic nitrogens is 2. The molecule has 0 aliphatic carbocycles. The van der Waals surface area contributed by atoms with Gasteiger partial charge >= 0.3 is 12.2 Å². The number of nitrogens with two attached hydrogens (primary N) is 1. The average Bonchev–Trinajstić information content (AvgIpc) is 3.10. The maximum Gasteiger partial charge on any atom is 0.509 e. The molecule has 188 valence electrons. The van der Waals surface area contributed by atoms with E-state index >= 15 is 0 Å². The van der Waals surface area contributed by atoms with Crippen LogP contribution in [-0.2, 0) is 33.8 Å². The molecule has 1 aromatic heterocycles. The van der Waals surface area contributed by atoms with Crippen LogP contribution < -0.4 is 11.1 Å². The van der Waals surface area contributed by atoms with Crippen LogP contribution in [0.25, 0.3) is 0 Å². The van der Waals surface area contributed by atoms with Gasteiger partial charge in [-0.25, -0.2) is 19.0 Å². The number of amides is 3. The van der Waals surface area contributed by atoms with Gasteiger partial charge in [-0.1, -0.05) is 11.6 Å². The molecule has 0 saturated heterocycles. The van der Waals surface area contributed by atoms with E-state index < -0.39 is 36.2 Å². The summed E-state index contributed by atoms with van der Waals surface area (Å²) in [5.41, 5.74) is 7.31. The molecule has 14 heteroatoms. The quantitative estimate of drug-likeness (QED) is 0.470. The smallest absolute Gasteiger partial charge is 0.431 e. The fraction of sp³-hybridized carbons (Fsp3) is 0.429. The molecule has 2 aromatic rings. The molecule has 0 fully saturated rings. The summed E-state index contributed by atoms with van der Waals surface area (Å²) in [6, 6.07) is 3.46. The Morgan fingerprint density at radius 3 is 2.91 bits per heavy atom. The Kier molecular flexibility index (Phi) is 7.10. The molecule has 12 nitrogen and oxygen atoms in total. The Hall–Kier alpha value is -3.42. The van der Waals surface area contributed by atoms with Gasteiger partial charge in [0.2, 0.25) is 0 Å². The second-order valence-corrected chi connectivity index (χ2v) is 8.51. The van der Waals surface area contributed by atoms with Crippen molar-refractivity contribution >= 4 is 35.4 Å². The van der Waals surface area contributed by atoms with Crippen molar-refractivity contribution in [1.29, 1.82) is 0 Å². The van der Waals surface area contributed by atoms with Crippen LogP contribution in [0.4, 0.5) is 19.7 Å². The minimum Gasteiger partial charge on any atom is -0.431 e. The number of nitrogens with zero attached hydrogens (tertiary/aromatic N) is 4. The number of urea groups is 1. The van der Waals surface area contributed by atoms with Crippen LogP contribution in [0.1, 0.15) is 28.7 Å². The second-order valence-electron chi connectivity index (χ2n) is 8.10. The van der Waals surface area contributed by atoms with Gasteiger partial charge in [0.25, 0.3) is 5.91 Å². The normalized spacial score (nSPS) is 18.3. The monoisotopic (exact) mass is 510 g/mol. The van der Waals surface area contributed by atoms with Crippen molar-refractivity contribution in [1.82, 2.24) is 19.7 Å². The number of rotatable bonds is 4. The number of hydrogen-bond donors (Lipinski definition) is 2. The van der Waals surface area contributed by atoms with Crippen molar-refractivity contribution in [2.45, 2.75) is 38.8 Å². The number of ether oxygens (including phenoxy) is 2. The van der Waals surface area contributed by atoms with Gasteiger partial charge in [-0.05, 0) is 25.1 Å². The fourth-order valence-electron chi connectivity index (χ4n) is 3.82. The molecule has 1 aromatic carbocycles. The van der Waals surface area contributed by atoms with Crippen molar-refractivity contribution in [2.75, 3.05) is 25.5 Å². The van der Waals surface area contributed by atoms with E-state index in [2.05, 4.69) is 10.4 Å². The van der Waals surface area contributed by atoms with Gasteiger partial charge in [0.15, 0.2) is 6.23 Å². The molecule has 35 heavy (non-hydrogen) atoms. The van der Waals surface area contributed by atoms with Gasteiger partial charge in [-0.15, -0.1) is 0 Å². The highest BCUT2D eigenvalue weighted by Crippen LogP contribution is 2.27. The van der Waals surface area contributed by atoms with Crippen molar-refractivity contribution < 1.29 is 33.1 Å². The maximum absolute atomic E-state index is 13.4. The van der Waals surface area contributed by atoms with Crippen LogP contribution in [0.15, 0.2) is 18.2 Å². The molecule has 3 N–H and O–H groups in total. The third-order valence-electron chi connectivity index (χ3n) is 5.40. The molecule has 0 radical (unpaired) electrons. The third-order valence-corrected chi connectivity index (χ3v) is 5.69. The lowest BCUT2D eigenvalue weighted by Gasteiger charge is -2.27. The standard InChI is InChI=1S/C21H24ClFN6O6/c1-11(24)34-21(32)33-10-13-8-29-18(19(30)27(2)35-13)14-9-28(6-5-17(14)26-29)20(31)25-12-3-4-16(23)15(22)7-12/h3-4,7,11,13H,5-6,8-10,24H2,1-2H3,(H,25,31). The summed E-state index contributed by atoms with van der Waals surface area (Å²) in [6.07, 6.45) is -2.07. The second kappa shape index (κ2) is 10.1. The molecule has 0 bridgehead atoms. The number of hydrogen-bond acceptors (Lipinski definition) is 8. The highest BCUT2D eigenvalue weighted by Gasteiger charge is 2.36. The predicted octanol–water partition coefficient (Wildman–Crippen LogP) is 2.11. The predicted molar refractivity (Wildman–Crippen MR) is 120 cm³/mol. The number of hydroxylamine groups is 2. The zero-order valence-corrected chi connectivity index (χ0v) is 19.7. The van der Waals surface area contributed by atoms with E-state index in [1.54, 1.807) is 0 Å². The summed E-state index contributed by atoms with van der Waals surface area (Å²) in [4.78, 5) is 44.6. The van der Waals surface area contributed by atoms with Crippen LogP contribution in [0, 0.1) is 5.82 Å². The van der Waals surface area contributed by atoms with Crippen molar-refractivity contribution in [3.63, 3.8) is 0 Å². The van der Waals surface area contributed by atoms with Crippen molar-refractivity contribution in [3.8, 4) is 0 Å². The minimum absolute atomic E-state index is 0.108. The molecule has 0 saturated carbocycles. The molecule has 3 heterocycles. The lowest BCUT2D eigenvalue weighted by atomic mass is 10.1. The van der Waals surface area contributed by atoms with Crippen LogP contribution in [0.5, 0.6) is 0 Å². The first-order valence-corrected chi connectivity index (χ1v) is 11.1. The first-order valence-electron chi connectivity index (χ1n) is 10.8. The van der Waals surface area contributed by atoms with Gasteiger partial charge in [0, 0.05) is 31.3 Å². The van der Waals surface area contributed by atoms with Gasteiger partial charge < -0.3 is 19.7 Å². The van der Waals surface area contributed by atoms with Gasteiger partial charge in [-0.3, -0.25) is 20.0 Å². The molecule has 3 amide bonds. The van der Waals surface area contributed by atoms with E-state index in [1.165, 1.54) is 35.7 Å². The Bertz CT molecular complexity index is 1160. The zero-order chi connectivity index (χ0) is 25.3. The van der Waals surface area contributed by atoms with E-state index in [0.29, 0.717) is 29.9 Å². The summed E-state index contributed by atoms with van der Waals surface area (Å²) < 4.78 is 24.7. The first kappa shape index (κ1) is 24.7. The number of anilines is 1. The molecule has 0 spiro atoms. The Balaban J connectivity index is 1.48. The molecule has 2 aliphatic rings. The number of carbonyl (C=O) groups is 3. The maximum atomic E-state index is 13.4. The molecule has 2 atom stereocenters. The number of nitrogens with one attached hydrogen (secondary N) is 1. The Morgan fingerprint density at radius 1 is 1.43 bits per heavy atom. The minimum atomic E-state index is -0.953. The van der Waals surface area contributed by atoms with Crippen LogP contribution in [-0.4, -0.2) is 70.4 Å². The fourth-order valence-corrected chi connectivity index (χ4v) is 4.00. The van der Waals surface area contributed by atoms with Crippen LogP contribution >= 0.6 is 11.6 Å². The van der Waals surface area contributed by atoms with Crippen molar-refractivity contribution in [2.24, 2.45) is 5.73 Å². The first-order chi connectivity index (χ1) is 16.6. The SMILES string of the molecule is CC(N)OC(=O)OCC1Cn2nc3c(c2C(=O)N(C)O1)CN(C(=O)Nc1ccc(F)c(Cl)c1)CC3. The van der Waals surface area contributed by atoms with Gasteiger partial charge in [0.1, 0.15) is 24.2 Å². The van der Waals surface area contributed by atoms with Gasteiger partial charge in [0.05, 0.1) is 23.8 Å². The number of carbonyl (C=O) groups excluding carboxylic acids is 3. The summed E-state index contributed by atoms with van der Waals surface area (Å²) >= 11 is 5.79. The summed E-state index contributed by atoms with van der Waals surface area (Å²) in [6.45, 7) is 1.91. The van der Waals surface area contributed by atoms with E-state index in [0.717, 1.165) is 11.1 Å². The highest BCUT2D eigenvalue weighted by atomic mass is 35.5. The third kappa shape index (κ3) is 5.47. The van der Waals surface area contributed by atoms with E-state index in [9.17, 15) is 18.8 Å². The lowest BCUT2D eigenvalue weighted by Crippen LogP contribution is -2.39. The van der Waals surface area contributed by atoms with E-state index in [4.69, 9.17) is 31.6 Å². The Morgan fingerprint density at radius 2 is 2.20 bits per heavy atom. The van der Waals surface area contributed by atoms with Crippen LogP contribution in [0.3, 0.4) is 0 Å². The average molecular weight is 511 g/mol. The zero-order valence-electron chi connectivity index (χ0n) is 19.0. The molecular weight excluding hydrogens is 487 g/mol. The summed E-state index contributed by atoms with van der Waals surface area (Å²) in [7, 11) is 1.44. The highest BCUT2D eigenvalue weighted by molar-refractivity contribution is 6.31. The molecule has 4 rings (SSSR count). The summed E-state index contributed by atoms with van der Waals surface area (Å²) in [5, 5.41) is 8.16. The van der Waals surface area contributed by atoms with E-state index in [1.807, 2.05) is 0 Å². The van der Waals surface area contributed by atoms with Crippen LogP contribution in [0.2, 0.25) is 5.02 Å². The topological polar surface area (TPSA) is 141 Å². The number of halogens is 2. The number of fused-ring (bicyclic) bond motifs is 3. The molecular formula is C21H24ClFN6O6. The van der Waals surface area contributed by atoms with Gasteiger partial charge in [-0.2, -0.15) is 5.10 Å². The molecule has 2 aliphatic heterocycles. The lowest BCUT2D eigenvalue weighted by molar-refractivity contribution is -0.162. The molecule has 2 unspecified atom stereocenters. The van der Waals surface area contributed by atoms with Crippen molar-refractivity contribution in [3.05, 3.63) is 46.0 Å². The number of benzene rings is 1. The van der Waals surface area contributed by atoms with E-state index in [-0.39, 0.29) is 30.4 Å².